The molecule has 0 aromatic heterocycles. The van der Waals surface area contributed by atoms with Crippen molar-refractivity contribution in [1.29, 1.82) is 0 Å². The van der Waals surface area contributed by atoms with E-state index < -0.39 is 11.7 Å². The Kier molecular flexibility index (Phi) is 6.94. The molecule has 1 amide bonds. The molecule has 1 N–H and O–H groups in total. The minimum absolute atomic E-state index is 0.312. The van der Waals surface area contributed by atoms with Gasteiger partial charge in [-0.05, 0) is 33.1 Å². The molecular formula is C16H31NO4. The topological polar surface area (TPSA) is 59.0 Å². The van der Waals surface area contributed by atoms with Crippen LogP contribution >= 0.6 is 0 Å². The van der Waals surface area contributed by atoms with Crippen molar-refractivity contribution in [3.8, 4) is 0 Å². The summed E-state index contributed by atoms with van der Waals surface area (Å²) in [5, 5.41) is 10.5. The zero-order chi connectivity index (χ0) is 16.0. The largest absolute Gasteiger partial charge is 0.444 e. The third-order valence-corrected chi connectivity index (χ3v) is 3.66. The van der Waals surface area contributed by atoms with E-state index in [9.17, 15) is 9.90 Å². The fourth-order valence-corrected chi connectivity index (χ4v) is 2.67. The number of rotatable bonds is 5. The van der Waals surface area contributed by atoms with Crippen molar-refractivity contribution < 1.29 is 19.4 Å². The number of ether oxygens (including phenoxy) is 2. The highest BCUT2D eigenvalue weighted by Crippen LogP contribution is 2.21. The zero-order valence-corrected chi connectivity index (χ0v) is 14.1. The number of hydrogen-bond acceptors (Lipinski definition) is 4. The molecule has 1 rings (SSSR count). The average molecular weight is 301 g/mol. The molecule has 5 nitrogen and oxygen atoms in total. The van der Waals surface area contributed by atoms with Gasteiger partial charge in [0.15, 0.2) is 0 Å². The first-order valence-corrected chi connectivity index (χ1v) is 8.00. The maximum absolute atomic E-state index is 12.3. The SMILES string of the molecule is CCCC(C)CC(O)C1COCCN1C(=O)OC(C)(C)C. The van der Waals surface area contributed by atoms with E-state index in [1.54, 1.807) is 4.90 Å². The van der Waals surface area contributed by atoms with Crippen molar-refractivity contribution in [3.63, 3.8) is 0 Å². The van der Waals surface area contributed by atoms with Gasteiger partial charge in [0.2, 0.25) is 0 Å². The van der Waals surface area contributed by atoms with E-state index in [2.05, 4.69) is 13.8 Å². The Hall–Kier alpha value is -0.810. The molecule has 5 heteroatoms. The smallest absolute Gasteiger partial charge is 0.410 e. The fourth-order valence-electron chi connectivity index (χ4n) is 2.67. The molecule has 1 fully saturated rings. The van der Waals surface area contributed by atoms with E-state index in [1.807, 2.05) is 20.8 Å². The number of hydrogen-bond donors (Lipinski definition) is 1. The molecule has 0 aromatic rings. The number of aliphatic hydroxyl groups is 1. The molecule has 0 bridgehead atoms. The molecular weight excluding hydrogens is 270 g/mol. The number of carbonyl (C=O) groups excluding carboxylic acids is 1. The van der Waals surface area contributed by atoms with Crippen LogP contribution in [0.15, 0.2) is 0 Å². The summed E-state index contributed by atoms with van der Waals surface area (Å²) >= 11 is 0. The van der Waals surface area contributed by atoms with Crippen molar-refractivity contribution in [2.24, 2.45) is 5.92 Å². The summed E-state index contributed by atoms with van der Waals surface area (Å²) in [7, 11) is 0. The first-order valence-electron chi connectivity index (χ1n) is 8.00. The second-order valence-corrected chi connectivity index (χ2v) is 7.01. The fraction of sp³-hybridized carbons (Fsp3) is 0.938. The van der Waals surface area contributed by atoms with Gasteiger partial charge < -0.3 is 14.6 Å². The molecule has 0 aliphatic carbocycles. The van der Waals surface area contributed by atoms with Crippen LogP contribution in [0, 0.1) is 5.92 Å². The highest BCUT2D eigenvalue weighted by atomic mass is 16.6. The molecule has 0 spiro atoms. The van der Waals surface area contributed by atoms with Crippen LogP contribution in [0.3, 0.4) is 0 Å². The minimum Gasteiger partial charge on any atom is -0.444 e. The quantitative estimate of drug-likeness (QED) is 0.848. The van der Waals surface area contributed by atoms with Gasteiger partial charge in [0, 0.05) is 6.54 Å². The van der Waals surface area contributed by atoms with Gasteiger partial charge in [-0.25, -0.2) is 4.79 Å². The maximum atomic E-state index is 12.3. The number of morpholine rings is 1. The number of nitrogens with zero attached hydrogens (tertiary/aromatic N) is 1. The first kappa shape index (κ1) is 18.2. The molecule has 1 aliphatic rings. The van der Waals surface area contributed by atoms with Crippen LogP contribution in [-0.4, -0.2) is 53.6 Å². The van der Waals surface area contributed by atoms with E-state index in [0.717, 1.165) is 12.8 Å². The van der Waals surface area contributed by atoms with Crippen LogP contribution < -0.4 is 0 Å². The normalized spacial score (nSPS) is 22.8. The Bertz CT molecular complexity index is 327. The van der Waals surface area contributed by atoms with Gasteiger partial charge in [-0.15, -0.1) is 0 Å². The third kappa shape index (κ3) is 6.22. The molecule has 0 radical (unpaired) electrons. The van der Waals surface area contributed by atoms with Crippen LogP contribution in [0.5, 0.6) is 0 Å². The predicted octanol–water partition coefficient (Wildman–Crippen LogP) is 2.81. The third-order valence-electron chi connectivity index (χ3n) is 3.66. The Morgan fingerprint density at radius 1 is 1.48 bits per heavy atom. The summed E-state index contributed by atoms with van der Waals surface area (Å²) in [6.45, 7) is 11.2. The van der Waals surface area contributed by atoms with Crippen LogP contribution in [0.25, 0.3) is 0 Å². The van der Waals surface area contributed by atoms with E-state index >= 15 is 0 Å². The van der Waals surface area contributed by atoms with Crippen molar-refractivity contribution in [3.05, 3.63) is 0 Å². The van der Waals surface area contributed by atoms with Crippen LogP contribution in [0.2, 0.25) is 0 Å². The second-order valence-electron chi connectivity index (χ2n) is 7.01. The summed E-state index contributed by atoms with van der Waals surface area (Å²) in [6, 6.07) is -0.312. The van der Waals surface area contributed by atoms with Crippen molar-refractivity contribution in [2.75, 3.05) is 19.8 Å². The number of carbonyl (C=O) groups is 1. The van der Waals surface area contributed by atoms with Gasteiger partial charge in [-0.3, -0.25) is 4.90 Å². The van der Waals surface area contributed by atoms with Gasteiger partial charge in [-0.1, -0.05) is 26.7 Å². The lowest BCUT2D eigenvalue weighted by atomic mass is 9.94. The summed E-state index contributed by atoms with van der Waals surface area (Å²) < 4.78 is 10.9. The van der Waals surface area contributed by atoms with Crippen LogP contribution in [-0.2, 0) is 9.47 Å². The van der Waals surface area contributed by atoms with Crippen molar-refractivity contribution in [1.82, 2.24) is 4.90 Å². The molecule has 1 aliphatic heterocycles. The maximum Gasteiger partial charge on any atom is 0.410 e. The molecule has 21 heavy (non-hydrogen) atoms. The lowest BCUT2D eigenvalue weighted by Crippen LogP contribution is -2.55. The summed E-state index contributed by atoms with van der Waals surface area (Å²) in [5.74, 6) is 0.437. The predicted molar refractivity (Wildman–Crippen MR) is 82.2 cm³/mol. The molecule has 3 atom stereocenters. The number of aliphatic hydroxyl groups excluding tert-OH is 1. The van der Waals surface area contributed by atoms with Gasteiger partial charge in [0.25, 0.3) is 0 Å². The van der Waals surface area contributed by atoms with E-state index in [1.165, 1.54) is 0 Å². The summed E-state index contributed by atoms with van der Waals surface area (Å²) in [5.41, 5.74) is -0.527. The van der Waals surface area contributed by atoms with Crippen molar-refractivity contribution >= 4 is 6.09 Å². The van der Waals surface area contributed by atoms with Gasteiger partial charge in [-0.2, -0.15) is 0 Å². The first-order chi connectivity index (χ1) is 9.74. The molecule has 124 valence electrons. The van der Waals surface area contributed by atoms with Crippen LogP contribution in [0.4, 0.5) is 4.79 Å². The zero-order valence-electron chi connectivity index (χ0n) is 14.1. The summed E-state index contributed by atoms with van der Waals surface area (Å²) in [4.78, 5) is 13.9. The minimum atomic E-state index is -0.570. The van der Waals surface area contributed by atoms with Gasteiger partial charge in [0.1, 0.15) is 5.60 Å². The van der Waals surface area contributed by atoms with Gasteiger partial charge >= 0.3 is 6.09 Å². The molecule has 1 saturated heterocycles. The molecule has 0 aromatic carbocycles. The average Bonchev–Trinajstić information content (AvgIpc) is 2.36. The molecule has 3 unspecified atom stereocenters. The Morgan fingerprint density at radius 3 is 2.71 bits per heavy atom. The lowest BCUT2D eigenvalue weighted by Gasteiger charge is -2.39. The highest BCUT2D eigenvalue weighted by molar-refractivity contribution is 5.68. The lowest BCUT2D eigenvalue weighted by molar-refractivity contribution is -0.0704. The second kappa shape index (κ2) is 7.99. The van der Waals surface area contributed by atoms with E-state index in [-0.39, 0.29) is 12.1 Å². The molecule has 0 saturated carbocycles. The van der Waals surface area contributed by atoms with E-state index in [0.29, 0.717) is 32.1 Å². The number of amides is 1. The van der Waals surface area contributed by atoms with E-state index in [4.69, 9.17) is 9.47 Å². The van der Waals surface area contributed by atoms with Gasteiger partial charge in [0.05, 0.1) is 25.4 Å². The van der Waals surface area contributed by atoms with Crippen molar-refractivity contribution in [2.45, 2.75) is 71.6 Å². The standard InChI is InChI=1S/C16H31NO4/c1-6-7-12(2)10-14(18)13-11-20-9-8-17(13)15(19)21-16(3,4)5/h12-14,18H,6-11H2,1-5H3. The Labute approximate surface area is 128 Å². The Morgan fingerprint density at radius 2 is 2.14 bits per heavy atom. The highest BCUT2D eigenvalue weighted by Gasteiger charge is 2.35. The summed E-state index contributed by atoms with van der Waals surface area (Å²) in [6.07, 6.45) is 1.93. The Balaban J connectivity index is 2.65. The monoisotopic (exact) mass is 301 g/mol. The van der Waals surface area contributed by atoms with Crippen LogP contribution in [0.1, 0.15) is 53.9 Å². The molecule has 1 heterocycles.